The molecule has 0 saturated carbocycles. The highest BCUT2D eigenvalue weighted by molar-refractivity contribution is 6.32. The summed E-state index contributed by atoms with van der Waals surface area (Å²) in [5.41, 5.74) is 6.84. The molecule has 14 heavy (non-hydrogen) atoms. The van der Waals surface area contributed by atoms with Crippen LogP contribution in [0.5, 0.6) is 5.75 Å². The summed E-state index contributed by atoms with van der Waals surface area (Å²) in [5.74, 6) is 0.748. The molecule has 0 saturated heterocycles. The Hall–Kier alpha value is -0.730. The van der Waals surface area contributed by atoms with Crippen LogP contribution in [0.1, 0.15) is 31.9 Å². The first kappa shape index (κ1) is 9.81. The Bertz CT molecular complexity index is 362. The molecule has 0 spiro atoms. The zero-order valence-electron chi connectivity index (χ0n) is 8.38. The minimum absolute atomic E-state index is 0.0208. The summed E-state index contributed by atoms with van der Waals surface area (Å²) in [7, 11) is 0. The molecule has 0 unspecified atom stereocenters. The smallest absolute Gasteiger partial charge is 0.143 e. The molecule has 2 rings (SSSR count). The number of hydrogen-bond acceptors (Lipinski definition) is 2. The van der Waals surface area contributed by atoms with E-state index < -0.39 is 0 Å². The van der Waals surface area contributed by atoms with Gasteiger partial charge in [-0.05, 0) is 19.9 Å². The van der Waals surface area contributed by atoms with Gasteiger partial charge >= 0.3 is 0 Å². The molecule has 0 bridgehead atoms. The first-order valence-corrected chi connectivity index (χ1v) is 5.10. The van der Waals surface area contributed by atoms with Crippen molar-refractivity contribution in [3.05, 3.63) is 28.8 Å². The lowest BCUT2D eigenvalue weighted by Crippen LogP contribution is -2.37. The van der Waals surface area contributed by atoms with E-state index in [1.54, 1.807) is 0 Å². The summed E-state index contributed by atoms with van der Waals surface area (Å²) in [5, 5.41) is 0.644. The summed E-state index contributed by atoms with van der Waals surface area (Å²) >= 11 is 6.05. The molecule has 1 aliphatic heterocycles. The van der Waals surface area contributed by atoms with Crippen molar-refractivity contribution in [3.63, 3.8) is 0 Å². The first-order chi connectivity index (χ1) is 6.49. The zero-order chi connectivity index (χ0) is 10.3. The molecule has 0 amide bonds. The number of hydrogen-bond donors (Lipinski definition) is 1. The number of fused-ring (bicyclic) bond motifs is 1. The monoisotopic (exact) mass is 211 g/mol. The minimum Gasteiger partial charge on any atom is -0.486 e. The summed E-state index contributed by atoms with van der Waals surface area (Å²) in [6.07, 6.45) is 0.820. The molecule has 1 heterocycles. The van der Waals surface area contributed by atoms with E-state index in [-0.39, 0.29) is 11.6 Å². The topological polar surface area (TPSA) is 35.2 Å². The molecular formula is C11H14ClNO. The molecule has 1 atom stereocenters. The maximum absolute atomic E-state index is 6.05. The second kappa shape index (κ2) is 3.14. The van der Waals surface area contributed by atoms with E-state index in [9.17, 15) is 0 Å². The van der Waals surface area contributed by atoms with Gasteiger partial charge < -0.3 is 10.5 Å². The van der Waals surface area contributed by atoms with Crippen molar-refractivity contribution in [3.8, 4) is 5.75 Å². The van der Waals surface area contributed by atoms with Gasteiger partial charge in [0.05, 0.1) is 5.02 Å². The summed E-state index contributed by atoms with van der Waals surface area (Å²) < 4.78 is 5.81. The van der Waals surface area contributed by atoms with E-state index in [1.165, 1.54) is 0 Å². The predicted octanol–water partition coefficient (Wildman–Crippen LogP) is 2.90. The Morgan fingerprint density at radius 2 is 2.21 bits per heavy atom. The molecule has 3 heteroatoms. The highest BCUT2D eigenvalue weighted by Crippen LogP contribution is 2.42. The third-order valence-electron chi connectivity index (χ3n) is 2.49. The lowest BCUT2D eigenvalue weighted by Gasteiger charge is -2.36. The lowest BCUT2D eigenvalue weighted by molar-refractivity contribution is 0.0730. The largest absolute Gasteiger partial charge is 0.486 e. The van der Waals surface area contributed by atoms with Crippen LogP contribution in [0.3, 0.4) is 0 Å². The molecule has 1 aromatic rings. The van der Waals surface area contributed by atoms with Crippen LogP contribution in [0.15, 0.2) is 18.2 Å². The first-order valence-electron chi connectivity index (χ1n) is 4.73. The van der Waals surface area contributed by atoms with Crippen LogP contribution < -0.4 is 10.5 Å². The summed E-state index contributed by atoms with van der Waals surface area (Å²) in [4.78, 5) is 0. The van der Waals surface area contributed by atoms with Gasteiger partial charge in [-0.2, -0.15) is 0 Å². The second-order valence-corrected chi connectivity index (χ2v) is 4.74. The average Bonchev–Trinajstić information content (AvgIpc) is 2.05. The fourth-order valence-electron chi connectivity index (χ4n) is 1.88. The Labute approximate surface area is 89.0 Å². The van der Waals surface area contributed by atoms with Crippen molar-refractivity contribution in [1.82, 2.24) is 0 Å². The SMILES string of the molecule is CC1(C)C[C@@H](N)c2cccc(Cl)c2O1. The van der Waals surface area contributed by atoms with Gasteiger partial charge in [-0.1, -0.05) is 23.7 Å². The third kappa shape index (κ3) is 1.60. The zero-order valence-corrected chi connectivity index (χ0v) is 9.14. The van der Waals surface area contributed by atoms with Crippen LogP contribution in [0, 0.1) is 0 Å². The molecule has 1 aromatic carbocycles. The van der Waals surface area contributed by atoms with Crippen LogP contribution in [0.4, 0.5) is 0 Å². The van der Waals surface area contributed by atoms with Crippen LogP contribution in [0.2, 0.25) is 5.02 Å². The normalized spacial score (nSPS) is 23.9. The van der Waals surface area contributed by atoms with E-state index >= 15 is 0 Å². The van der Waals surface area contributed by atoms with Gasteiger partial charge in [-0.25, -0.2) is 0 Å². The van der Waals surface area contributed by atoms with Gasteiger partial charge in [0, 0.05) is 18.0 Å². The third-order valence-corrected chi connectivity index (χ3v) is 2.78. The number of ether oxygens (including phenoxy) is 1. The number of nitrogens with two attached hydrogens (primary N) is 1. The molecule has 0 radical (unpaired) electrons. The highest BCUT2D eigenvalue weighted by atomic mass is 35.5. The van der Waals surface area contributed by atoms with Crippen molar-refractivity contribution in [2.75, 3.05) is 0 Å². The molecule has 76 valence electrons. The molecule has 0 aromatic heterocycles. The summed E-state index contributed by atoms with van der Waals surface area (Å²) in [6, 6.07) is 5.73. The Balaban J connectivity index is 2.51. The molecule has 0 aliphatic carbocycles. The number of benzene rings is 1. The van der Waals surface area contributed by atoms with Crippen LogP contribution >= 0.6 is 11.6 Å². The van der Waals surface area contributed by atoms with Crippen LogP contribution in [0.25, 0.3) is 0 Å². The molecule has 2 nitrogen and oxygen atoms in total. The van der Waals surface area contributed by atoms with Crippen molar-refractivity contribution in [2.45, 2.75) is 31.9 Å². The van der Waals surface area contributed by atoms with Gasteiger partial charge in [0.15, 0.2) is 0 Å². The van der Waals surface area contributed by atoms with E-state index in [2.05, 4.69) is 0 Å². The van der Waals surface area contributed by atoms with Gasteiger partial charge in [-0.15, -0.1) is 0 Å². The van der Waals surface area contributed by atoms with Crippen LogP contribution in [-0.4, -0.2) is 5.60 Å². The van der Waals surface area contributed by atoms with Crippen molar-refractivity contribution >= 4 is 11.6 Å². The quantitative estimate of drug-likeness (QED) is 0.716. The Kier molecular flexibility index (Phi) is 2.20. The number of rotatable bonds is 0. The lowest BCUT2D eigenvalue weighted by atomic mass is 9.90. The van der Waals surface area contributed by atoms with Crippen molar-refractivity contribution in [2.24, 2.45) is 5.73 Å². The van der Waals surface area contributed by atoms with E-state index in [0.29, 0.717) is 5.02 Å². The second-order valence-electron chi connectivity index (χ2n) is 4.33. The Morgan fingerprint density at radius 3 is 2.93 bits per heavy atom. The van der Waals surface area contributed by atoms with Crippen LogP contribution in [-0.2, 0) is 0 Å². The maximum atomic E-state index is 6.05. The number of halogens is 1. The fourth-order valence-corrected chi connectivity index (χ4v) is 2.10. The van der Waals surface area contributed by atoms with E-state index in [1.807, 2.05) is 32.0 Å². The van der Waals surface area contributed by atoms with E-state index in [0.717, 1.165) is 17.7 Å². The minimum atomic E-state index is -0.225. The standard InChI is InChI=1S/C11H14ClNO/c1-11(2)6-9(13)7-4-3-5-8(12)10(7)14-11/h3-5,9H,6,13H2,1-2H3/t9-/m1/s1. The van der Waals surface area contributed by atoms with Gasteiger partial charge in [0.25, 0.3) is 0 Å². The average molecular weight is 212 g/mol. The Morgan fingerprint density at radius 1 is 1.50 bits per heavy atom. The predicted molar refractivity (Wildman–Crippen MR) is 57.7 cm³/mol. The highest BCUT2D eigenvalue weighted by Gasteiger charge is 2.32. The summed E-state index contributed by atoms with van der Waals surface area (Å²) in [6.45, 7) is 4.05. The maximum Gasteiger partial charge on any atom is 0.143 e. The molecule has 1 aliphatic rings. The fraction of sp³-hybridized carbons (Fsp3) is 0.455. The molecular weight excluding hydrogens is 198 g/mol. The van der Waals surface area contributed by atoms with Gasteiger partial charge in [0.1, 0.15) is 11.4 Å². The van der Waals surface area contributed by atoms with Gasteiger partial charge in [-0.3, -0.25) is 0 Å². The van der Waals surface area contributed by atoms with Gasteiger partial charge in [0.2, 0.25) is 0 Å². The van der Waals surface area contributed by atoms with E-state index in [4.69, 9.17) is 22.1 Å². The van der Waals surface area contributed by atoms with Crippen molar-refractivity contribution in [1.29, 1.82) is 0 Å². The number of para-hydroxylation sites is 1. The molecule has 2 N–H and O–H groups in total. The molecule has 0 fully saturated rings. The van der Waals surface area contributed by atoms with Crippen molar-refractivity contribution < 1.29 is 4.74 Å².